The van der Waals surface area contributed by atoms with E-state index < -0.39 is 6.09 Å². The predicted octanol–water partition coefficient (Wildman–Crippen LogP) is 6.03. The Morgan fingerprint density at radius 3 is 2.23 bits per heavy atom. The quantitative estimate of drug-likeness (QED) is 0.627. The number of benzene rings is 3. The number of nitrogens with one attached hydrogen (secondary N) is 1. The van der Waals surface area contributed by atoms with Crippen LogP contribution in [0.25, 0.3) is 11.1 Å². The van der Waals surface area contributed by atoms with E-state index in [2.05, 4.69) is 50.4 Å². The fourth-order valence-electron chi connectivity index (χ4n) is 3.17. The van der Waals surface area contributed by atoms with Gasteiger partial charge in [0.1, 0.15) is 6.61 Å². The van der Waals surface area contributed by atoms with Gasteiger partial charge in [-0.3, -0.25) is 5.32 Å². The number of carbonyl (C=O) groups is 1. The second-order valence-corrected chi connectivity index (χ2v) is 6.54. The van der Waals surface area contributed by atoms with Crippen molar-refractivity contribution in [3.63, 3.8) is 0 Å². The fraction of sp³-hybridized carbons (Fsp3) is 0.174. The van der Waals surface area contributed by atoms with Crippen molar-refractivity contribution in [2.45, 2.75) is 27.4 Å². The van der Waals surface area contributed by atoms with Gasteiger partial charge in [0, 0.05) is 5.69 Å². The van der Waals surface area contributed by atoms with Crippen LogP contribution in [-0.2, 0) is 11.3 Å². The van der Waals surface area contributed by atoms with Gasteiger partial charge in [-0.15, -0.1) is 0 Å². The molecule has 0 aliphatic heterocycles. The minimum Gasteiger partial charge on any atom is -0.444 e. The van der Waals surface area contributed by atoms with Crippen LogP contribution >= 0.6 is 0 Å². The summed E-state index contributed by atoms with van der Waals surface area (Å²) in [4.78, 5) is 12.1. The van der Waals surface area contributed by atoms with Crippen molar-refractivity contribution in [2.24, 2.45) is 0 Å². The molecule has 3 aromatic carbocycles. The van der Waals surface area contributed by atoms with Crippen LogP contribution in [0.5, 0.6) is 0 Å². The van der Waals surface area contributed by atoms with Gasteiger partial charge in [-0.1, -0.05) is 60.2 Å². The lowest BCUT2D eigenvalue weighted by molar-refractivity contribution is 0.155. The number of carbonyl (C=O) groups excluding carboxylic acids is 1. The zero-order chi connectivity index (χ0) is 18.5. The van der Waals surface area contributed by atoms with Crippen LogP contribution < -0.4 is 5.32 Å². The first kappa shape index (κ1) is 17.7. The van der Waals surface area contributed by atoms with Crippen LogP contribution in [0, 0.1) is 20.8 Å². The first-order chi connectivity index (χ1) is 12.5. The molecule has 0 aliphatic carbocycles. The highest BCUT2D eigenvalue weighted by atomic mass is 16.5. The van der Waals surface area contributed by atoms with Gasteiger partial charge < -0.3 is 4.74 Å². The molecule has 132 valence electrons. The second-order valence-electron chi connectivity index (χ2n) is 6.54. The van der Waals surface area contributed by atoms with E-state index in [1.165, 1.54) is 16.7 Å². The average molecular weight is 345 g/mol. The summed E-state index contributed by atoms with van der Waals surface area (Å²) in [6, 6.07) is 22.1. The van der Waals surface area contributed by atoms with Gasteiger partial charge in [0.15, 0.2) is 0 Å². The molecule has 0 spiro atoms. The Morgan fingerprint density at radius 2 is 1.58 bits per heavy atom. The minimum atomic E-state index is -0.448. The molecule has 0 atom stereocenters. The van der Waals surface area contributed by atoms with Gasteiger partial charge in [-0.2, -0.15) is 0 Å². The van der Waals surface area contributed by atoms with E-state index in [-0.39, 0.29) is 6.61 Å². The summed E-state index contributed by atoms with van der Waals surface area (Å²) in [5, 5.41) is 2.82. The lowest BCUT2D eigenvalue weighted by Crippen LogP contribution is -2.13. The first-order valence-electron chi connectivity index (χ1n) is 8.69. The fourth-order valence-corrected chi connectivity index (χ4v) is 3.17. The van der Waals surface area contributed by atoms with Crippen LogP contribution in [0.3, 0.4) is 0 Å². The summed E-state index contributed by atoms with van der Waals surface area (Å²) in [6.07, 6.45) is -0.448. The molecular formula is C23H23NO2. The minimum absolute atomic E-state index is 0.256. The van der Waals surface area contributed by atoms with Crippen molar-refractivity contribution in [3.8, 4) is 11.1 Å². The summed E-state index contributed by atoms with van der Waals surface area (Å²) in [7, 11) is 0. The molecule has 0 aromatic heterocycles. The van der Waals surface area contributed by atoms with Gasteiger partial charge in [0.05, 0.1) is 0 Å². The maximum Gasteiger partial charge on any atom is 0.411 e. The summed E-state index contributed by atoms with van der Waals surface area (Å²) in [6.45, 7) is 6.47. The summed E-state index contributed by atoms with van der Waals surface area (Å²) in [5.41, 5.74) is 7.57. The van der Waals surface area contributed by atoms with Crippen LogP contribution in [0.15, 0.2) is 66.7 Å². The zero-order valence-corrected chi connectivity index (χ0v) is 15.4. The van der Waals surface area contributed by atoms with Crippen LogP contribution in [0.1, 0.15) is 22.3 Å². The molecule has 26 heavy (non-hydrogen) atoms. The number of aryl methyl sites for hydroxylation is 3. The monoisotopic (exact) mass is 345 g/mol. The Hall–Kier alpha value is -3.07. The van der Waals surface area contributed by atoms with Gasteiger partial charge in [0.2, 0.25) is 0 Å². The maximum atomic E-state index is 12.1. The van der Waals surface area contributed by atoms with E-state index in [4.69, 9.17) is 4.74 Å². The van der Waals surface area contributed by atoms with Gasteiger partial charge >= 0.3 is 6.09 Å². The molecule has 3 aromatic rings. The van der Waals surface area contributed by atoms with E-state index in [9.17, 15) is 4.79 Å². The zero-order valence-electron chi connectivity index (χ0n) is 15.4. The predicted molar refractivity (Wildman–Crippen MR) is 106 cm³/mol. The first-order valence-corrected chi connectivity index (χ1v) is 8.69. The molecule has 1 N–H and O–H groups in total. The molecule has 0 saturated carbocycles. The molecule has 0 saturated heterocycles. The Morgan fingerprint density at radius 1 is 0.885 bits per heavy atom. The SMILES string of the molecule is Cc1cccc(-c2c(C)cc(NC(=O)OCc3ccccc3)cc2C)c1. The highest BCUT2D eigenvalue weighted by Gasteiger charge is 2.10. The molecule has 3 rings (SSSR count). The van der Waals surface area contributed by atoms with Gasteiger partial charge in [-0.05, 0) is 60.7 Å². The summed E-state index contributed by atoms with van der Waals surface area (Å²) in [5.74, 6) is 0. The van der Waals surface area contributed by atoms with E-state index >= 15 is 0 Å². The second kappa shape index (κ2) is 7.87. The lowest BCUT2D eigenvalue weighted by atomic mass is 9.94. The Kier molecular flexibility index (Phi) is 5.37. The Labute approximate surface area is 154 Å². The van der Waals surface area contributed by atoms with E-state index in [1.807, 2.05) is 42.5 Å². The molecule has 3 heteroatoms. The smallest absolute Gasteiger partial charge is 0.411 e. The van der Waals surface area contributed by atoms with E-state index in [0.717, 1.165) is 22.4 Å². The third-order valence-electron chi connectivity index (χ3n) is 4.30. The molecule has 0 radical (unpaired) electrons. The largest absolute Gasteiger partial charge is 0.444 e. The third-order valence-corrected chi connectivity index (χ3v) is 4.30. The summed E-state index contributed by atoms with van der Waals surface area (Å²) < 4.78 is 5.29. The van der Waals surface area contributed by atoms with Crippen molar-refractivity contribution in [3.05, 3.63) is 89.0 Å². The molecular weight excluding hydrogens is 322 g/mol. The molecule has 0 heterocycles. The molecule has 0 aliphatic rings. The van der Waals surface area contributed by atoms with Gasteiger partial charge in [-0.25, -0.2) is 4.79 Å². The molecule has 0 unspecified atom stereocenters. The van der Waals surface area contributed by atoms with Crippen LogP contribution in [0.4, 0.5) is 10.5 Å². The van der Waals surface area contributed by atoms with Crippen molar-refractivity contribution in [2.75, 3.05) is 5.32 Å². The summed E-state index contributed by atoms with van der Waals surface area (Å²) >= 11 is 0. The van der Waals surface area contributed by atoms with Crippen LogP contribution in [0.2, 0.25) is 0 Å². The van der Waals surface area contributed by atoms with Crippen molar-refractivity contribution >= 4 is 11.8 Å². The molecule has 0 bridgehead atoms. The Bertz CT molecular complexity index is 893. The third kappa shape index (κ3) is 4.31. The number of ether oxygens (including phenoxy) is 1. The van der Waals surface area contributed by atoms with Crippen molar-refractivity contribution in [1.29, 1.82) is 0 Å². The highest BCUT2D eigenvalue weighted by molar-refractivity contribution is 5.86. The molecule has 0 fully saturated rings. The molecule has 3 nitrogen and oxygen atoms in total. The standard InChI is InChI=1S/C23H23NO2/c1-16-8-7-11-20(12-16)22-17(2)13-21(14-18(22)3)24-23(25)26-15-19-9-5-4-6-10-19/h4-14H,15H2,1-3H3,(H,24,25). The van der Waals surface area contributed by atoms with Crippen LogP contribution in [-0.4, -0.2) is 6.09 Å². The number of hydrogen-bond acceptors (Lipinski definition) is 2. The average Bonchev–Trinajstić information content (AvgIpc) is 2.60. The maximum absolute atomic E-state index is 12.1. The number of rotatable bonds is 4. The van der Waals surface area contributed by atoms with Crippen molar-refractivity contribution in [1.82, 2.24) is 0 Å². The number of hydrogen-bond donors (Lipinski definition) is 1. The van der Waals surface area contributed by atoms with E-state index in [1.54, 1.807) is 0 Å². The number of anilines is 1. The topological polar surface area (TPSA) is 38.3 Å². The normalized spacial score (nSPS) is 10.4. The highest BCUT2D eigenvalue weighted by Crippen LogP contribution is 2.30. The lowest BCUT2D eigenvalue weighted by Gasteiger charge is -2.14. The number of amides is 1. The van der Waals surface area contributed by atoms with E-state index in [0.29, 0.717) is 0 Å². The van der Waals surface area contributed by atoms with Gasteiger partial charge in [0.25, 0.3) is 0 Å². The van der Waals surface area contributed by atoms with Crippen molar-refractivity contribution < 1.29 is 9.53 Å². The molecule has 1 amide bonds. The Balaban J connectivity index is 1.72.